The predicted octanol–water partition coefficient (Wildman–Crippen LogP) is 3.61. The first-order valence-electron chi connectivity index (χ1n) is 7.95. The van der Waals surface area contributed by atoms with Crippen molar-refractivity contribution >= 4 is 11.7 Å². The molecule has 0 fully saturated rings. The van der Waals surface area contributed by atoms with Crippen molar-refractivity contribution in [1.82, 2.24) is 20.4 Å². The minimum absolute atomic E-state index is 0.324. The Bertz CT molecular complexity index is 871. The second-order valence-corrected chi connectivity index (χ2v) is 5.59. The van der Waals surface area contributed by atoms with Crippen LogP contribution < -0.4 is 10.6 Å². The molecular formula is C17H19N5O3. The van der Waals surface area contributed by atoms with Gasteiger partial charge in [0.25, 0.3) is 0 Å². The van der Waals surface area contributed by atoms with Gasteiger partial charge < -0.3 is 19.6 Å². The lowest BCUT2D eigenvalue weighted by molar-refractivity contribution is 0.247. The summed E-state index contributed by atoms with van der Waals surface area (Å²) in [6.07, 6.45) is 2.29. The molecule has 8 nitrogen and oxygen atoms in total. The maximum Gasteiger partial charge on any atom is 0.319 e. The fraction of sp³-hybridized carbons (Fsp3) is 0.294. The van der Waals surface area contributed by atoms with Crippen molar-refractivity contribution in [1.29, 1.82) is 0 Å². The minimum Gasteiger partial charge on any atom is -0.441 e. The molecule has 0 radical (unpaired) electrons. The Morgan fingerprint density at radius 1 is 1.32 bits per heavy atom. The van der Waals surface area contributed by atoms with Crippen molar-refractivity contribution < 1.29 is 13.7 Å². The highest BCUT2D eigenvalue weighted by Crippen LogP contribution is 2.22. The summed E-state index contributed by atoms with van der Waals surface area (Å²) in [6, 6.07) is 6.60. The first-order chi connectivity index (χ1) is 12.0. The molecule has 0 aliphatic carbocycles. The number of rotatable bonds is 5. The van der Waals surface area contributed by atoms with E-state index in [0.29, 0.717) is 29.7 Å². The van der Waals surface area contributed by atoms with Gasteiger partial charge in [0.1, 0.15) is 5.76 Å². The number of amides is 2. The number of urea groups is 1. The van der Waals surface area contributed by atoms with Crippen LogP contribution in [0.15, 0.2) is 39.4 Å². The summed E-state index contributed by atoms with van der Waals surface area (Å²) in [7, 11) is 0. The predicted molar refractivity (Wildman–Crippen MR) is 90.9 cm³/mol. The van der Waals surface area contributed by atoms with Crippen molar-refractivity contribution in [2.45, 2.75) is 33.2 Å². The van der Waals surface area contributed by atoms with E-state index < -0.39 is 0 Å². The Morgan fingerprint density at radius 2 is 2.16 bits per heavy atom. The molecular weight excluding hydrogens is 322 g/mol. The number of nitrogens with zero attached hydrogens (tertiary/aromatic N) is 3. The summed E-state index contributed by atoms with van der Waals surface area (Å²) >= 11 is 0. The van der Waals surface area contributed by atoms with Crippen LogP contribution in [0, 0.1) is 13.8 Å². The zero-order valence-corrected chi connectivity index (χ0v) is 14.2. The number of anilines is 1. The standard InChI is InChI=1S/C17H19N5O3/c1-4-14(15-19-11(3)25-22-15)21-17(23)20-13-7-5-6-12(8-13)16-18-9-10(2)24-16/h5-9,14H,4H2,1-3H3,(H2,20,21,23)/t14-/m0/s1. The zero-order chi connectivity index (χ0) is 17.8. The normalized spacial score (nSPS) is 12.0. The number of carbonyl (C=O) groups excluding carboxylic acids is 1. The van der Waals surface area contributed by atoms with Gasteiger partial charge in [-0.25, -0.2) is 9.78 Å². The number of aromatic nitrogens is 3. The molecule has 0 spiro atoms. The molecule has 2 N–H and O–H groups in total. The van der Waals surface area contributed by atoms with Crippen molar-refractivity contribution in [3.05, 3.63) is 47.9 Å². The summed E-state index contributed by atoms with van der Waals surface area (Å²) in [6.45, 7) is 5.47. The van der Waals surface area contributed by atoms with Crippen LogP contribution in [0.1, 0.15) is 36.9 Å². The largest absolute Gasteiger partial charge is 0.441 e. The van der Waals surface area contributed by atoms with Gasteiger partial charge in [-0.05, 0) is 31.5 Å². The van der Waals surface area contributed by atoms with E-state index in [1.165, 1.54) is 0 Å². The molecule has 1 aromatic carbocycles. The van der Waals surface area contributed by atoms with Crippen LogP contribution in [0.3, 0.4) is 0 Å². The summed E-state index contributed by atoms with van der Waals surface area (Å²) in [5, 5.41) is 9.48. The number of carbonyl (C=O) groups is 1. The van der Waals surface area contributed by atoms with Gasteiger partial charge in [-0.1, -0.05) is 18.1 Å². The number of hydrogen-bond donors (Lipinski definition) is 2. The zero-order valence-electron chi connectivity index (χ0n) is 14.2. The third kappa shape index (κ3) is 4.03. The number of nitrogens with one attached hydrogen (secondary N) is 2. The van der Waals surface area contributed by atoms with Crippen molar-refractivity contribution in [2.75, 3.05) is 5.32 Å². The van der Waals surface area contributed by atoms with Crippen LogP contribution in [0.2, 0.25) is 0 Å². The fourth-order valence-electron chi connectivity index (χ4n) is 2.35. The van der Waals surface area contributed by atoms with Crippen molar-refractivity contribution in [2.24, 2.45) is 0 Å². The van der Waals surface area contributed by atoms with Gasteiger partial charge in [-0.2, -0.15) is 4.98 Å². The van der Waals surface area contributed by atoms with Gasteiger partial charge in [0.15, 0.2) is 5.82 Å². The first kappa shape index (κ1) is 16.7. The Hall–Kier alpha value is -3.16. The molecule has 0 aliphatic rings. The van der Waals surface area contributed by atoms with E-state index in [2.05, 4.69) is 25.8 Å². The summed E-state index contributed by atoms with van der Waals surface area (Å²) in [4.78, 5) is 20.6. The third-order valence-electron chi connectivity index (χ3n) is 3.56. The van der Waals surface area contributed by atoms with Crippen LogP contribution >= 0.6 is 0 Å². The Morgan fingerprint density at radius 3 is 2.80 bits per heavy atom. The van der Waals surface area contributed by atoms with E-state index in [0.717, 1.165) is 11.3 Å². The van der Waals surface area contributed by atoms with Crippen molar-refractivity contribution in [3.8, 4) is 11.5 Å². The second kappa shape index (κ2) is 7.16. The molecule has 25 heavy (non-hydrogen) atoms. The van der Waals surface area contributed by atoms with E-state index in [-0.39, 0.29) is 12.1 Å². The number of aryl methyl sites for hydroxylation is 2. The minimum atomic E-state index is -0.352. The van der Waals surface area contributed by atoms with Gasteiger partial charge in [0, 0.05) is 18.2 Å². The molecule has 130 valence electrons. The molecule has 3 aromatic rings. The monoisotopic (exact) mass is 341 g/mol. The highest BCUT2D eigenvalue weighted by atomic mass is 16.5. The second-order valence-electron chi connectivity index (χ2n) is 5.59. The SMILES string of the molecule is CC[C@H](NC(=O)Nc1cccc(-c2ncc(C)o2)c1)c1noc(C)n1. The number of hydrogen-bond acceptors (Lipinski definition) is 6. The lowest BCUT2D eigenvalue weighted by atomic mass is 10.2. The highest BCUT2D eigenvalue weighted by molar-refractivity contribution is 5.90. The van der Waals surface area contributed by atoms with Crippen LogP contribution in [0.5, 0.6) is 0 Å². The summed E-state index contributed by atoms with van der Waals surface area (Å²) in [5.74, 6) is 2.16. The topological polar surface area (TPSA) is 106 Å². The molecule has 2 aromatic heterocycles. The van der Waals surface area contributed by atoms with Gasteiger partial charge >= 0.3 is 6.03 Å². The average Bonchev–Trinajstić information content (AvgIpc) is 3.21. The van der Waals surface area contributed by atoms with Gasteiger partial charge in [0.2, 0.25) is 11.8 Å². The molecule has 0 unspecified atom stereocenters. The third-order valence-corrected chi connectivity index (χ3v) is 3.56. The van der Waals surface area contributed by atoms with Gasteiger partial charge in [-0.3, -0.25) is 0 Å². The summed E-state index contributed by atoms with van der Waals surface area (Å²) < 4.78 is 10.5. The van der Waals surface area contributed by atoms with Crippen LogP contribution in [-0.2, 0) is 0 Å². The fourth-order valence-corrected chi connectivity index (χ4v) is 2.35. The van der Waals surface area contributed by atoms with Crippen molar-refractivity contribution in [3.63, 3.8) is 0 Å². The maximum atomic E-state index is 12.3. The Kier molecular flexibility index (Phi) is 4.78. The maximum absolute atomic E-state index is 12.3. The van der Waals surface area contributed by atoms with Crippen LogP contribution in [0.4, 0.5) is 10.5 Å². The molecule has 0 bridgehead atoms. The molecule has 3 rings (SSSR count). The van der Waals surface area contributed by atoms with E-state index in [4.69, 9.17) is 8.94 Å². The van der Waals surface area contributed by atoms with E-state index in [1.54, 1.807) is 25.3 Å². The molecule has 2 heterocycles. The highest BCUT2D eigenvalue weighted by Gasteiger charge is 2.18. The van der Waals surface area contributed by atoms with Crippen LogP contribution in [0.25, 0.3) is 11.5 Å². The smallest absolute Gasteiger partial charge is 0.319 e. The molecule has 0 aliphatic heterocycles. The van der Waals surface area contributed by atoms with E-state index in [9.17, 15) is 4.79 Å². The number of benzene rings is 1. The lowest BCUT2D eigenvalue weighted by Crippen LogP contribution is -2.32. The van der Waals surface area contributed by atoms with Gasteiger partial charge in [0.05, 0.1) is 12.2 Å². The molecule has 8 heteroatoms. The molecule has 0 saturated heterocycles. The quantitative estimate of drug-likeness (QED) is 0.734. The Balaban J connectivity index is 1.68. The van der Waals surface area contributed by atoms with Gasteiger partial charge in [-0.15, -0.1) is 0 Å². The molecule has 2 amide bonds. The van der Waals surface area contributed by atoms with E-state index in [1.807, 2.05) is 26.0 Å². The lowest BCUT2D eigenvalue weighted by Gasteiger charge is -2.14. The van der Waals surface area contributed by atoms with Crippen LogP contribution in [-0.4, -0.2) is 21.2 Å². The Labute approximate surface area is 144 Å². The molecule has 1 atom stereocenters. The number of oxazole rings is 1. The summed E-state index contributed by atoms with van der Waals surface area (Å²) in [5.41, 5.74) is 1.41. The average molecular weight is 341 g/mol. The molecule has 0 saturated carbocycles. The first-order valence-corrected chi connectivity index (χ1v) is 7.95. The van der Waals surface area contributed by atoms with E-state index >= 15 is 0 Å².